The Bertz CT molecular complexity index is 1520. The van der Waals surface area contributed by atoms with Crippen LogP contribution in [-0.2, 0) is 22.7 Å². The highest BCUT2D eigenvalue weighted by atomic mass is 32.2. The van der Waals surface area contributed by atoms with Crippen molar-refractivity contribution >= 4 is 32.7 Å². The molecule has 0 saturated heterocycles. The molecule has 0 unspecified atom stereocenters. The van der Waals surface area contributed by atoms with E-state index in [1.807, 2.05) is 12.3 Å². The molecular formula is C33H38N2O3S. The van der Waals surface area contributed by atoms with E-state index in [2.05, 4.69) is 87.1 Å². The number of carbonyl (C=O) groups excluding carboxylic acids is 1. The summed E-state index contributed by atoms with van der Waals surface area (Å²) in [6, 6.07) is 25.5. The number of allylic oxidation sites excluding steroid dienone is 1. The summed E-state index contributed by atoms with van der Waals surface area (Å²) in [5, 5.41) is 2.12. The van der Waals surface area contributed by atoms with Crippen molar-refractivity contribution in [3.05, 3.63) is 120 Å². The lowest BCUT2D eigenvalue weighted by molar-refractivity contribution is 0.0941. The third-order valence-electron chi connectivity index (χ3n) is 6.71. The molecule has 1 aromatic heterocycles. The zero-order chi connectivity index (χ0) is 28.4. The molecule has 0 aliphatic heterocycles. The van der Waals surface area contributed by atoms with Gasteiger partial charge in [-0.15, -0.1) is 0 Å². The molecule has 5 nitrogen and oxygen atoms in total. The molecule has 6 heteroatoms. The number of likely N-dealkylation sites (N-methyl/N-ethyl adjacent to an activating group) is 1. The smallest absolute Gasteiger partial charge is 0.227 e. The maximum Gasteiger partial charge on any atom is 0.227 e. The van der Waals surface area contributed by atoms with Crippen LogP contribution in [0.3, 0.4) is 0 Å². The average molecular weight is 543 g/mol. The van der Waals surface area contributed by atoms with Gasteiger partial charge in [-0.25, -0.2) is 8.42 Å². The van der Waals surface area contributed by atoms with Crippen molar-refractivity contribution in [2.75, 3.05) is 14.1 Å². The fourth-order valence-corrected chi connectivity index (χ4v) is 5.17. The van der Waals surface area contributed by atoms with E-state index in [4.69, 9.17) is 0 Å². The molecule has 0 radical (unpaired) electrons. The number of hydrogen-bond acceptors (Lipinski definition) is 4. The Morgan fingerprint density at radius 1 is 1.00 bits per heavy atom. The van der Waals surface area contributed by atoms with Crippen molar-refractivity contribution in [3.8, 4) is 0 Å². The van der Waals surface area contributed by atoms with E-state index < -0.39 is 9.84 Å². The van der Waals surface area contributed by atoms with E-state index in [1.54, 1.807) is 29.7 Å². The van der Waals surface area contributed by atoms with Crippen molar-refractivity contribution in [2.24, 2.45) is 0 Å². The van der Waals surface area contributed by atoms with E-state index in [0.29, 0.717) is 6.04 Å². The van der Waals surface area contributed by atoms with Crippen LogP contribution in [0, 0.1) is 0 Å². The van der Waals surface area contributed by atoms with Crippen molar-refractivity contribution in [2.45, 2.75) is 44.0 Å². The van der Waals surface area contributed by atoms with Gasteiger partial charge in [0.1, 0.15) is 0 Å². The standard InChI is InChI=1S/C25H30N2O.C8H8O2S/c1-5-23(26(3)4)17-22-18-27(19(2)28)25-15-14-21(16-24(22)25)13-9-12-20-10-7-6-8-11-20;1-2-11(9,10)8-6-4-3-5-7-8/h6-11,13-16,18,23H,5,12,17H2,1-4H3;2-7H,1H2/b13-9+;/t23-;/m1./s1. The van der Waals surface area contributed by atoms with E-state index in [9.17, 15) is 13.2 Å². The molecular weight excluding hydrogens is 504 g/mol. The van der Waals surface area contributed by atoms with Gasteiger partial charge in [0.25, 0.3) is 0 Å². The molecule has 204 valence electrons. The summed E-state index contributed by atoms with van der Waals surface area (Å²) in [6.45, 7) is 7.06. The van der Waals surface area contributed by atoms with Gasteiger partial charge in [-0.3, -0.25) is 9.36 Å². The van der Waals surface area contributed by atoms with Gasteiger partial charge >= 0.3 is 0 Å². The van der Waals surface area contributed by atoms with Crippen LogP contribution in [0.2, 0.25) is 0 Å². The minimum Gasteiger partial charge on any atom is -0.306 e. The largest absolute Gasteiger partial charge is 0.306 e. The number of benzene rings is 3. The minimum absolute atomic E-state index is 0.0570. The van der Waals surface area contributed by atoms with Gasteiger partial charge in [0, 0.05) is 30.0 Å². The molecule has 4 aromatic rings. The molecule has 4 rings (SSSR count). The fraction of sp³-hybridized carbons (Fsp3) is 0.242. The predicted molar refractivity (Wildman–Crippen MR) is 163 cm³/mol. The third kappa shape index (κ3) is 8.12. The van der Waals surface area contributed by atoms with Gasteiger partial charge in [-0.1, -0.05) is 80.3 Å². The van der Waals surface area contributed by atoms with E-state index in [-0.39, 0.29) is 10.8 Å². The highest BCUT2D eigenvalue weighted by Crippen LogP contribution is 2.26. The number of sulfone groups is 1. The van der Waals surface area contributed by atoms with Crippen LogP contribution in [0.5, 0.6) is 0 Å². The first-order valence-electron chi connectivity index (χ1n) is 13.1. The third-order valence-corrected chi connectivity index (χ3v) is 8.07. The fourth-order valence-electron chi connectivity index (χ4n) is 4.44. The van der Waals surface area contributed by atoms with E-state index in [0.717, 1.165) is 30.2 Å². The van der Waals surface area contributed by atoms with Crippen LogP contribution in [0.4, 0.5) is 0 Å². The Kier molecular flexibility index (Phi) is 10.6. The summed E-state index contributed by atoms with van der Waals surface area (Å²) >= 11 is 0. The number of hydrogen-bond donors (Lipinski definition) is 0. The van der Waals surface area contributed by atoms with Crippen LogP contribution in [0.25, 0.3) is 17.0 Å². The van der Waals surface area contributed by atoms with E-state index in [1.165, 1.54) is 34.2 Å². The Balaban J connectivity index is 0.000000320. The van der Waals surface area contributed by atoms with Gasteiger partial charge in [0.2, 0.25) is 5.91 Å². The van der Waals surface area contributed by atoms with Gasteiger partial charge in [-0.2, -0.15) is 0 Å². The first-order chi connectivity index (χ1) is 18.7. The van der Waals surface area contributed by atoms with Crippen LogP contribution in [0.15, 0.2) is 108 Å². The Hall–Kier alpha value is -3.74. The number of rotatable bonds is 9. The maximum absolute atomic E-state index is 12.1. The molecule has 1 atom stereocenters. The topological polar surface area (TPSA) is 59.4 Å². The summed E-state index contributed by atoms with van der Waals surface area (Å²) in [5.41, 5.74) is 4.71. The quantitative estimate of drug-likeness (QED) is 0.228. The molecule has 0 bridgehead atoms. The van der Waals surface area contributed by atoms with Gasteiger partial charge in [-0.05, 0) is 74.3 Å². The number of fused-ring (bicyclic) bond motifs is 1. The van der Waals surface area contributed by atoms with Gasteiger partial charge in [0.15, 0.2) is 9.84 Å². The van der Waals surface area contributed by atoms with Crippen LogP contribution in [-0.4, -0.2) is 43.9 Å². The summed E-state index contributed by atoms with van der Waals surface area (Å²) < 4.78 is 23.9. The zero-order valence-electron chi connectivity index (χ0n) is 23.2. The van der Waals surface area contributed by atoms with Crippen LogP contribution in [0.1, 0.15) is 41.8 Å². The molecule has 0 N–H and O–H groups in total. The van der Waals surface area contributed by atoms with Crippen LogP contribution >= 0.6 is 0 Å². The SMILES string of the molecule is C=CS(=O)(=O)c1ccccc1.CC[C@H](Cc1cn(C(C)=O)c2ccc(/C=C/Cc3ccccc3)cc12)N(C)C. The summed E-state index contributed by atoms with van der Waals surface area (Å²) in [4.78, 5) is 14.7. The van der Waals surface area contributed by atoms with Gasteiger partial charge in [0.05, 0.1) is 10.4 Å². The molecule has 0 fully saturated rings. The first-order valence-corrected chi connectivity index (χ1v) is 14.6. The molecule has 1 heterocycles. The lowest BCUT2D eigenvalue weighted by Crippen LogP contribution is -2.29. The number of aromatic nitrogens is 1. The van der Waals surface area contributed by atoms with Crippen molar-refractivity contribution in [1.29, 1.82) is 0 Å². The second-order valence-corrected chi connectivity index (χ2v) is 11.6. The lowest BCUT2D eigenvalue weighted by Gasteiger charge is -2.22. The Morgan fingerprint density at radius 3 is 2.21 bits per heavy atom. The molecule has 0 aliphatic rings. The summed E-state index contributed by atoms with van der Waals surface area (Å²) in [7, 11) is 1.01. The molecule has 0 spiro atoms. The second kappa shape index (κ2) is 13.9. The highest BCUT2D eigenvalue weighted by molar-refractivity contribution is 7.94. The molecule has 0 amide bonds. The highest BCUT2D eigenvalue weighted by Gasteiger charge is 2.16. The molecule has 0 saturated carbocycles. The predicted octanol–water partition coefficient (Wildman–Crippen LogP) is 7.04. The number of nitrogens with zero attached hydrogens (tertiary/aromatic N) is 2. The molecule has 3 aromatic carbocycles. The number of carbonyl (C=O) groups is 1. The summed E-state index contributed by atoms with van der Waals surface area (Å²) in [5.74, 6) is 0.0570. The van der Waals surface area contributed by atoms with Gasteiger partial charge < -0.3 is 4.90 Å². The summed E-state index contributed by atoms with van der Waals surface area (Å²) in [6.07, 6.45) is 9.33. The Morgan fingerprint density at radius 2 is 1.64 bits per heavy atom. The maximum atomic E-state index is 12.1. The van der Waals surface area contributed by atoms with Crippen molar-refractivity contribution < 1.29 is 13.2 Å². The second-order valence-electron chi connectivity index (χ2n) is 9.67. The van der Waals surface area contributed by atoms with Crippen molar-refractivity contribution in [3.63, 3.8) is 0 Å². The molecule has 39 heavy (non-hydrogen) atoms. The normalized spacial score (nSPS) is 12.3. The first kappa shape index (κ1) is 29.8. The Labute approximate surface area is 233 Å². The average Bonchev–Trinajstić information content (AvgIpc) is 3.31. The minimum atomic E-state index is -3.23. The molecule has 0 aliphatic carbocycles. The van der Waals surface area contributed by atoms with Crippen LogP contribution < -0.4 is 0 Å². The monoisotopic (exact) mass is 542 g/mol. The van der Waals surface area contributed by atoms with Crippen molar-refractivity contribution in [1.82, 2.24) is 9.47 Å². The van der Waals surface area contributed by atoms with E-state index >= 15 is 0 Å². The zero-order valence-corrected chi connectivity index (χ0v) is 24.1. The lowest BCUT2D eigenvalue weighted by atomic mass is 10.0.